The summed E-state index contributed by atoms with van der Waals surface area (Å²) in [5.41, 5.74) is 2.21. The predicted octanol–water partition coefficient (Wildman–Crippen LogP) is 7.01. The van der Waals surface area contributed by atoms with Crippen molar-refractivity contribution in [1.29, 1.82) is 0 Å². The second-order valence-corrected chi connectivity index (χ2v) is 11.4. The first kappa shape index (κ1) is 28.7. The fourth-order valence-electron chi connectivity index (χ4n) is 4.08. The zero-order valence-corrected chi connectivity index (χ0v) is 22.9. The second kappa shape index (κ2) is 11.2. The topological polar surface area (TPSA) is 68.0 Å². The number of aromatic carboxylic acids is 1. The lowest BCUT2D eigenvalue weighted by Crippen LogP contribution is -2.24. The summed E-state index contributed by atoms with van der Waals surface area (Å²) in [6.07, 6.45) is -2.53. The van der Waals surface area contributed by atoms with Crippen LogP contribution in [0.3, 0.4) is 0 Å². The molecular formula is C24H23F4MgN3O2S2. The van der Waals surface area contributed by atoms with Crippen LogP contribution < -0.4 is 0 Å². The number of aromatic nitrogens is 3. The normalized spacial score (nSPS) is 16.1. The first-order valence-electron chi connectivity index (χ1n) is 11.0. The number of halogens is 4. The van der Waals surface area contributed by atoms with E-state index in [1.54, 1.807) is 19.1 Å². The zero-order valence-electron chi connectivity index (χ0n) is 19.9. The third kappa shape index (κ3) is 5.98. The van der Waals surface area contributed by atoms with Crippen molar-refractivity contribution in [1.82, 2.24) is 14.8 Å². The van der Waals surface area contributed by atoms with Crippen LogP contribution in [0.4, 0.5) is 17.6 Å². The number of allylic oxidation sites excluding steroid dienone is 2. The maximum atomic E-state index is 13.9. The second-order valence-electron chi connectivity index (χ2n) is 8.58. The molecule has 2 aromatic heterocycles. The Hall–Kier alpha value is -1.89. The molecule has 1 aliphatic carbocycles. The van der Waals surface area contributed by atoms with E-state index in [0.29, 0.717) is 22.1 Å². The fourth-order valence-corrected chi connectivity index (χ4v) is 6.59. The van der Waals surface area contributed by atoms with Crippen LogP contribution in [0.5, 0.6) is 0 Å². The lowest BCUT2D eigenvalue weighted by molar-refractivity contribution is -0.175. The Labute approximate surface area is 230 Å². The molecule has 0 saturated carbocycles. The highest BCUT2D eigenvalue weighted by Gasteiger charge is 2.40. The number of alkyl halides is 3. The van der Waals surface area contributed by atoms with E-state index in [1.165, 1.54) is 46.0 Å². The monoisotopic (exact) mass is 549 g/mol. The van der Waals surface area contributed by atoms with Gasteiger partial charge in [-0.05, 0) is 49.5 Å². The van der Waals surface area contributed by atoms with E-state index >= 15 is 0 Å². The molecule has 4 rings (SSSR count). The van der Waals surface area contributed by atoms with Gasteiger partial charge in [0.2, 0.25) is 5.13 Å². The highest BCUT2D eigenvalue weighted by Crippen LogP contribution is 2.44. The molecule has 12 heteroatoms. The Morgan fingerprint density at radius 2 is 2.03 bits per heavy atom. The van der Waals surface area contributed by atoms with Crippen LogP contribution in [-0.4, -0.2) is 60.3 Å². The van der Waals surface area contributed by atoms with Gasteiger partial charge in [-0.15, -0.1) is 11.8 Å². The smallest absolute Gasteiger partial charge is 0.392 e. The van der Waals surface area contributed by atoms with Gasteiger partial charge >= 0.3 is 12.1 Å². The van der Waals surface area contributed by atoms with Crippen LogP contribution in [0.1, 0.15) is 55.0 Å². The van der Waals surface area contributed by atoms with E-state index in [9.17, 15) is 27.5 Å². The number of carboxylic acids is 1. The van der Waals surface area contributed by atoms with E-state index < -0.39 is 23.9 Å². The third-order valence-corrected chi connectivity index (χ3v) is 7.91. The maximum Gasteiger partial charge on any atom is 0.392 e. The van der Waals surface area contributed by atoms with Gasteiger partial charge < -0.3 is 5.11 Å². The number of thiazole rings is 1. The average molecular weight is 550 g/mol. The molecule has 1 aromatic carbocycles. The Morgan fingerprint density at radius 3 is 2.58 bits per heavy atom. The van der Waals surface area contributed by atoms with E-state index in [4.69, 9.17) is 0 Å². The van der Waals surface area contributed by atoms with Crippen molar-refractivity contribution in [2.75, 3.05) is 0 Å². The third-order valence-electron chi connectivity index (χ3n) is 5.66. The summed E-state index contributed by atoms with van der Waals surface area (Å²) in [4.78, 5) is 17.0. The zero-order chi connectivity index (χ0) is 25.5. The molecule has 3 aromatic rings. The molecule has 36 heavy (non-hydrogen) atoms. The predicted molar refractivity (Wildman–Crippen MR) is 134 cm³/mol. The number of benzene rings is 1. The molecular weight excluding hydrogens is 527 g/mol. The molecule has 0 fully saturated rings. The van der Waals surface area contributed by atoms with Crippen molar-refractivity contribution >= 4 is 57.7 Å². The molecule has 1 aliphatic rings. The number of carboxylic acid groups (broad SMARTS) is 1. The van der Waals surface area contributed by atoms with Crippen LogP contribution in [0.25, 0.3) is 21.8 Å². The quantitative estimate of drug-likeness (QED) is 0.204. The average Bonchev–Trinajstić information content (AvgIpc) is 3.33. The van der Waals surface area contributed by atoms with Gasteiger partial charge in [0.1, 0.15) is 5.82 Å². The molecule has 0 amide bonds. The van der Waals surface area contributed by atoms with E-state index in [-0.39, 0.29) is 58.8 Å². The highest BCUT2D eigenvalue weighted by molar-refractivity contribution is 8.01. The SMILES string of the molecule is Cc1nn(-c2nc(C3=CCC(C(F)(F)F)CC3)c(SC(C)C)s2)c(C(=O)O)c1-c1cccc(F)c1.[Mg]. The summed E-state index contributed by atoms with van der Waals surface area (Å²) in [6, 6.07) is 5.63. The van der Waals surface area contributed by atoms with Gasteiger partial charge in [0.25, 0.3) is 0 Å². The first-order valence-corrected chi connectivity index (χ1v) is 12.7. The molecule has 0 bridgehead atoms. The van der Waals surface area contributed by atoms with E-state index in [2.05, 4.69) is 10.1 Å². The van der Waals surface area contributed by atoms with Crippen molar-refractivity contribution in [2.24, 2.45) is 5.92 Å². The summed E-state index contributed by atoms with van der Waals surface area (Å²) in [5, 5.41) is 14.9. The van der Waals surface area contributed by atoms with Gasteiger partial charge in [-0.25, -0.2) is 14.2 Å². The number of hydrogen-bond donors (Lipinski definition) is 1. The molecule has 2 radical (unpaired) electrons. The molecule has 2 heterocycles. The molecule has 188 valence electrons. The van der Waals surface area contributed by atoms with Crippen LogP contribution in [-0.2, 0) is 0 Å². The summed E-state index contributed by atoms with van der Waals surface area (Å²) in [6.45, 7) is 5.62. The first-order chi connectivity index (χ1) is 16.5. The Kier molecular flexibility index (Phi) is 8.95. The Morgan fingerprint density at radius 1 is 1.31 bits per heavy atom. The van der Waals surface area contributed by atoms with Crippen molar-refractivity contribution in [3.05, 3.63) is 53.2 Å². The Balaban J connectivity index is 0.00000361. The highest BCUT2D eigenvalue weighted by atomic mass is 32.2. The van der Waals surface area contributed by atoms with Crippen molar-refractivity contribution in [3.63, 3.8) is 0 Å². The van der Waals surface area contributed by atoms with Crippen molar-refractivity contribution < 1.29 is 27.5 Å². The molecule has 1 unspecified atom stereocenters. The molecule has 5 nitrogen and oxygen atoms in total. The number of aryl methyl sites for hydroxylation is 1. The molecule has 1 atom stereocenters. The van der Waals surface area contributed by atoms with Crippen molar-refractivity contribution in [2.45, 2.75) is 55.7 Å². The van der Waals surface area contributed by atoms with Crippen LogP contribution >= 0.6 is 23.1 Å². The van der Waals surface area contributed by atoms with Crippen LogP contribution in [0, 0.1) is 18.7 Å². The minimum atomic E-state index is -4.24. The molecule has 0 saturated heterocycles. The standard InChI is InChI=1S/C24H23F4N3O2S2.Mg/c1-12(2)34-22-19(14-7-9-16(10-8-14)24(26,27)28)29-23(35-22)31-20(21(32)33)18(13(3)30-31)15-5-4-6-17(25)11-15;/h4-7,11-12,16H,8-10H2,1-3H3,(H,32,33);. The lowest BCUT2D eigenvalue weighted by Gasteiger charge is -2.23. The largest absolute Gasteiger partial charge is 0.476 e. The van der Waals surface area contributed by atoms with Crippen LogP contribution in [0.2, 0.25) is 0 Å². The van der Waals surface area contributed by atoms with Gasteiger partial charge in [-0.2, -0.15) is 23.0 Å². The summed E-state index contributed by atoms with van der Waals surface area (Å²) in [5.74, 6) is -3.11. The van der Waals surface area contributed by atoms with Gasteiger partial charge in [0, 0.05) is 33.9 Å². The minimum Gasteiger partial charge on any atom is -0.476 e. The summed E-state index contributed by atoms with van der Waals surface area (Å²) >= 11 is 2.76. The van der Waals surface area contributed by atoms with Gasteiger partial charge in [-0.1, -0.05) is 43.4 Å². The minimum absolute atomic E-state index is 0. The fraction of sp³-hybridized carbons (Fsp3) is 0.375. The van der Waals surface area contributed by atoms with Gasteiger partial charge in [0.05, 0.1) is 21.5 Å². The van der Waals surface area contributed by atoms with Crippen molar-refractivity contribution in [3.8, 4) is 16.3 Å². The Bertz CT molecular complexity index is 1300. The summed E-state index contributed by atoms with van der Waals surface area (Å²) < 4.78 is 55.3. The van der Waals surface area contributed by atoms with Gasteiger partial charge in [-0.3, -0.25) is 0 Å². The van der Waals surface area contributed by atoms with E-state index in [1.807, 2.05) is 13.8 Å². The molecule has 1 N–H and O–H groups in total. The molecule has 0 aliphatic heterocycles. The molecule has 0 spiro atoms. The number of thioether (sulfide) groups is 1. The lowest BCUT2D eigenvalue weighted by atomic mass is 9.88. The summed E-state index contributed by atoms with van der Waals surface area (Å²) in [7, 11) is 0. The number of carbonyl (C=O) groups is 1. The maximum absolute atomic E-state index is 13.9. The van der Waals surface area contributed by atoms with E-state index in [0.717, 1.165) is 9.78 Å². The van der Waals surface area contributed by atoms with Gasteiger partial charge in [0.15, 0.2) is 5.69 Å². The number of hydrogen-bond acceptors (Lipinski definition) is 5. The number of rotatable bonds is 6. The number of nitrogens with zero attached hydrogens (tertiary/aromatic N) is 3. The van der Waals surface area contributed by atoms with Crippen LogP contribution in [0.15, 0.2) is 34.6 Å².